The number of anilines is 1. The molecule has 0 fully saturated rings. The Labute approximate surface area is 162 Å². The highest BCUT2D eigenvalue weighted by Crippen LogP contribution is 2.24. The third-order valence-electron chi connectivity index (χ3n) is 3.17. The third-order valence-corrected chi connectivity index (χ3v) is 5.10. The molecule has 0 unspecified atom stereocenters. The molecule has 5 nitrogen and oxygen atoms in total. The zero-order valence-corrected chi connectivity index (χ0v) is 16.5. The minimum Gasteiger partial charge on any atom is -0.456 e. The molecule has 0 spiro atoms. The number of hydrogen-bond acceptors (Lipinski definition) is 5. The van der Waals surface area contributed by atoms with Gasteiger partial charge in [0.05, 0.1) is 21.3 Å². The topological polar surface area (TPSA) is 72.5 Å². The number of carbonyl (C=O) groups excluding carboxylic acids is 3. The summed E-state index contributed by atoms with van der Waals surface area (Å²) in [6, 6.07) is 8.72. The molecular weight excluding hydrogens is 430 g/mol. The lowest BCUT2D eigenvalue weighted by atomic mass is 10.2. The van der Waals surface area contributed by atoms with E-state index in [1.807, 2.05) is 19.1 Å². The maximum atomic E-state index is 11.9. The van der Waals surface area contributed by atoms with Crippen molar-refractivity contribution in [1.29, 1.82) is 0 Å². The number of esters is 1. The van der Waals surface area contributed by atoms with Crippen LogP contribution >= 0.6 is 38.9 Å². The second-order valence-electron chi connectivity index (χ2n) is 5.22. The van der Waals surface area contributed by atoms with Gasteiger partial charge in [0.15, 0.2) is 12.4 Å². The van der Waals surface area contributed by atoms with Crippen molar-refractivity contribution in [2.75, 3.05) is 11.9 Å². The van der Waals surface area contributed by atoms with Gasteiger partial charge < -0.3 is 10.1 Å². The first-order valence-electron chi connectivity index (χ1n) is 7.35. The van der Waals surface area contributed by atoms with Gasteiger partial charge in [0, 0.05) is 10.9 Å². The Bertz CT molecular complexity index is 806. The van der Waals surface area contributed by atoms with Gasteiger partial charge in [-0.15, -0.1) is 11.3 Å². The summed E-state index contributed by atoms with van der Waals surface area (Å²) >= 11 is 10.3. The van der Waals surface area contributed by atoms with Crippen molar-refractivity contribution < 1.29 is 19.1 Å². The van der Waals surface area contributed by atoms with Gasteiger partial charge in [0.25, 0.3) is 5.91 Å². The van der Waals surface area contributed by atoms with E-state index < -0.39 is 18.5 Å². The Morgan fingerprint density at radius 2 is 1.96 bits per heavy atom. The molecule has 0 aliphatic carbocycles. The van der Waals surface area contributed by atoms with Crippen LogP contribution in [0.3, 0.4) is 0 Å². The van der Waals surface area contributed by atoms with Crippen molar-refractivity contribution >= 4 is 62.2 Å². The maximum Gasteiger partial charge on any atom is 0.306 e. The van der Waals surface area contributed by atoms with Crippen LogP contribution in [0.2, 0.25) is 4.34 Å². The molecule has 8 heteroatoms. The quantitative estimate of drug-likeness (QED) is 0.500. The van der Waals surface area contributed by atoms with Gasteiger partial charge in [0.1, 0.15) is 0 Å². The monoisotopic (exact) mass is 443 g/mol. The standard InChI is InChI=1S/C17H15BrClNO4S/c1-10-2-3-12(11(18)8-10)20-16(22)9-24-17(23)7-4-13(21)14-5-6-15(19)25-14/h2-3,5-6,8H,4,7,9H2,1H3,(H,20,22). The number of rotatable bonds is 7. The average molecular weight is 445 g/mol. The molecule has 25 heavy (non-hydrogen) atoms. The number of Topliss-reactive ketones (excluding diaryl/α,β-unsaturated/α-hetero) is 1. The molecule has 0 atom stereocenters. The minimum atomic E-state index is -0.603. The molecule has 1 N–H and O–H groups in total. The number of hydrogen-bond donors (Lipinski definition) is 1. The van der Waals surface area contributed by atoms with E-state index in [2.05, 4.69) is 21.2 Å². The molecule has 0 aliphatic rings. The Balaban J connectivity index is 1.74. The van der Waals surface area contributed by atoms with Gasteiger partial charge in [-0.2, -0.15) is 0 Å². The summed E-state index contributed by atoms with van der Waals surface area (Å²) in [4.78, 5) is 35.9. The van der Waals surface area contributed by atoms with Crippen LogP contribution in [-0.2, 0) is 14.3 Å². The van der Waals surface area contributed by atoms with Gasteiger partial charge in [-0.05, 0) is 52.7 Å². The van der Waals surface area contributed by atoms with E-state index in [0.29, 0.717) is 14.9 Å². The summed E-state index contributed by atoms with van der Waals surface area (Å²) in [5.74, 6) is -1.23. The highest BCUT2D eigenvalue weighted by atomic mass is 79.9. The highest BCUT2D eigenvalue weighted by Gasteiger charge is 2.14. The summed E-state index contributed by atoms with van der Waals surface area (Å²) in [5, 5.41) is 2.64. The van der Waals surface area contributed by atoms with E-state index >= 15 is 0 Å². The number of halogens is 2. The van der Waals surface area contributed by atoms with Crippen molar-refractivity contribution in [3.63, 3.8) is 0 Å². The Morgan fingerprint density at radius 1 is 1.20 bits per heavy atom. The fourth-order valence-electron chi connectivity index (χ4n) is 1.93. The summed E-state index contributed by atoms with van der Waals surface area (Å²) in [7, 11) is 0. The molecule has 1 aromatic carbocycles. The van der Waals surface area contributed by atoms with E-state index in [1.165, 1.54) is 0 Å². The van der Waals surface area contributed by atoms with Crippen LogP contribution in [0.5, 0.6) is 0 Å². The average Bonchev–Trinajstić information content (AvgIpc) is 3.00. The van der Waals surface area contributed by atoms with Crippen molar-refractivity contribution in [1.82, 2.24) is 0 Å². The van der Waals surface area contributed by atoms with Crippen LogP contribution in [-0.4, -0.2) is 24.3 Å². The van der Waals surface area contributed by atoms with Crippen LogP contribution in [0, 0.1) is 6.92 Å². The lowest BCUT2D eigenvalue weighted by Gasteiger charge is -2.08. The Kier molecular flexibility index (Phi) is 7.16. The normalized spacial score (nSPS) is 10.4. The molecular formula is C17H15BrClNO4S. The molecule has 0 bridgehead atoms. The number of amides is 1. The predicted octanol–water partition coefficient (Wildman–Crippen LogP) is 4.62. The summed E-state index contributed by atoms with van der Waals surface area (Å²) < 4.78 is 6.15. The third kappa shape index (κ3) is 6.26. The fraction of sp³-hybridized carbons (Fsp3) is 0.235. The SMILES string of the molecule is Cc1ccc(NC(=O)COC(=O)CCC(=O)c2ccc(Cl)s2)c(Br)c1. The number of benzene rings is 1. The number of thiophene rings is 1. The maximum absolute atomic E-state index is 11.9. The smallest absolute Gasteiger partial charge is 0.306 e. The summed E-state index contributed by atoms with van der Waals surface area (Å²) in [6.07, 6.45) is -0.0728. The lowest BCUT2D eigenvalue weighted by Crippen LogP contribution is -2.21. The molecule has 1 heterocycles. The Hall–Kier alpha value is -1.70. The first-order chi connectivity index (χ1) is 11.8. The molecule has 2 rings (SSSR count). The zero-order valence-electron chi connectivity index (χ0n) is 13.3. The van der Waals surface area contributed by atoms with Crippen LogP contribution in [0.15, 0.2) is 34.8 Å². The van der Waals surface area contributed by atoms with Crippen LogP contribution in [0.1, 0.15) is 28.1 Å². The van der Waals surface area contributed by atoms with Gasteiger partial charge in [-0.3, -0.25) is 14.4 Å². The van der Waals surface area contributed by atoms with Crippen molar-refractivity contribution in [2.45, 2.75) is 19.8 Å². The first-order valence-corrected chi connectivity index (χ1v) is 9.34. The summed E-state index contributed by atoms with van der Waals surface area (Å²) in [5.41, 5.74) is 1.64. The van der Waals surface area contributed by atoms with Gasteiger partial charge >= 0.3 is 5.97 Å². The molecule has 0 saturated carbocycles. The predicted molar refractivity (Wildman–Crippen MR) is 101 cm³/mol. The van der Waals surface area contributed by atoms with Gasteiger partial charge in [-0.25, -0.2) is 0 Å². The van der Waals surface area contributed by atoms with E-state index in [0.717, 1.165) is 21.4 Å². The minimum absolute atomic E-state index is 0.0147. The molecule has 132 valence electrons. The van der Waals surface area contributed by atoms with E-state index in [1.54, 1.807) is 18.2 Å². The van der Waals surface area contributed by atoms with Gasteiger partial charge in [0.2, 0.25) is 0 Å². The second-order valence-corrected chi connectivity index (χ2v) is 7.79. The molecule has 2 aromatic rings. The van der Waals surface area contributed by atoms with E-state index in [-0.39, 0.29) is 18.6 Å². The molecule has 0 saturated heterocycles. The Morgan fingerprint density at radius 3 is 2.60 bits per heavy atom. The van der Waals surface area contributed by atoms with Crippen molar-refractivity contribution in [2.24, 2.45) is 0 Å². The number of ether oxygens (including phenoxy) is 1. The van der Waals surface area contributed by atoms with E-state index in [4.69, 9.17) is 16.3 Å². The molecule has 1 aromatic heterocycles. The lowest BCUT2D eigenvalue weighted by molar-refractivity contribution is -0.147. The zero-order chi connectivity index (χ0) is 18.4. The molecule has 0 aliphatic heterocycles. The van der Waals surface area contributed by atoms with Crippen LogP contribution in [0.25, 0.3) is 0 Å². The first kappa shape index (κ1) is 19.6. The molecule has 0 radical (unpaired) electrons. The molecule has 1 amide bonds. The largest absolute Gasteiger partial charge is 0.456 e. The number of aryl methyl sites for hydroxylation is 1. The fourth-order valence-corrected chi connectivity index (χ4v) is 3.53. The second kappa shape index (κ2) is 9.12. The van der Waals surface area contributed by atoms with Crippen molar-refractivity contribution in [3.8, 4) is 0 Å². The highest BCUT2D eigenvalue weighted by molar-refractivity contribution is 9.10. The number of carbonyl (C=O) groups is 3. The van der Waals surface area contributed by atoms with E-state index in [9.17, 15) is 14.4 Å². The van der Waals surface area contributed by atoms with Crippen LogP contribution < -0.4 is 5.32 Å². The number of nitrogens with one attached hydrogen (secondary N) is 1. The van der Waals surface area contributed by atoms with Crippen LogP contribution in [0.4, 0.5) is 5.69 Å². The van der Waals surface area contributed by atoms with Crippen molar-refractivity contribution in [3.05, 3.63) is 49.6 Å². The number of ketones is 1. The van der Waals surface area contributed by atoms with Gasteiger partial charge in [-0.1, -0.05) is 17.7 Å². The summed E-state index contributed by atoms with van der Waals surface area (Å²) in [6.45, 7) is 1.53.